The lowest BCUT2D eigenvalue weighted by Gasteiger charge is -2.13. The predicted octanol–water partition coefficient (Wildman–Crippen LogP) is 0.0401. The van der Waals surface area contributed by atoms with Crippen LogP contribution >= 0.6 is 0 Å². The van der Waals surface area contributed by atoms with Gasteiger partial charge >= 0.3 is 0 Å². The molecule has 0 saturated heterocycles. The second-order valence-electron chi connectivity index (χ2n) is 5.03. The first kappa shape index (κ1) is 16.0. The quantitative estimate of drug-likeness (QED) is 0.659. The third-order valence-corrected chi connectivity index (χ3v) is 3.61. The van der Waals surface area contributed by atoms with Crippen LogP contribution in [0.5, 0.6) is 5.75 Å². The molecule has 0 unspecified atom stereocenters. The van der Waals surface area contributed by atoms with Crippen LogP contribution in [0.15, 0.2) is 29.1 Å². The number of hydrogen-bond acceptors (Lipinski definition) is 3. The summed E-state index contributed by atoms with van der Waals surface area (Å²) in [6, 6.07) is 7.04. The van der Waals surface area contributed by atoms with E-state index in [0.29, 0.717) is 24.0 Å². The van der Waals surface area contributed by atoms with Crippen molar-refractivity contribution in [2.45, 2.75) is 20.4 Å². The minimum atomic E-state index is -0.528. The van der Waals surface area contributed by atoms with Gasteiger partial charge in [-0.15, -0.1) is 0 Å². The maximum Gasteiger partial charge on any atom is 0.267 e. The fourth-order valence-corrected chi connectivity index (χ4v) is 2.49. The number of pyridine rings is 1. The Bertz CT molecular complexity index is 737. The highest BCUT2D eigenvalue weighted by atomic mass is 16.3. The van der Waals surface area contributed by atoms with Crippen LogP contribution in [-0.2, 0) is 6.54 Å². The van der Waals surface area contributed by atoms with Gasteiger partial charge in [0.05, 0.1) is 25.2 Å². The molecule has 2 rings (SSSR count). The summed E-state index contributed by atoms with van der Waals surface area (Å²) in [6.07, 6.45) is 0. The lowest BCUT2D eigenvalue weighted by molar-refractivity contribution is -0.649. The molecular weight excluding hydrogens is 282 g/mol. The summed E-state index contributed by atoms with van der Waals surface area (Å²) >= 11 is 0. The first-order valence-corrected chi connectivity index (χ1v) is 7.56. The van der Waals surface area contributed by atoms with Gasteiger partial charge in [0.25, 0.3) is 11.5 Å². The number of nitrogens with two attached hydrogens (primary N) is 1. The molecule has 6 heteroatoms. The van der Waals surface area contributed by atoms with Crippen LogP contribution in [0.1, 0.15) is 24.2 Å². The number of aromatic hydroxyl groups is 1. The molecule has 0 radical (unpaired) electrons. The van der Waals surface area contributed by atoms with Crippen LogP contribution in [0.3, 0.4) is 0 Å². The smallest absolute Gasteiger partial charge is 0.267 e. The van der Waals surface area contributed by atoms with E-state index in [1.54, 1.807) is 24.3 Å². The SMILES string of the molecule is CC[NH2+]CCNC(=O)c1c(O)c2ccccc2n(CC)c1=O. The highest BCUT2D eigenvalue weighted by Crippen LogP contribution is 2.25. The van der Waals surface area contributed by atoms with Crippen LogP contribution < -0.4 is 16.2 Å². The number of para-hydroxylation sites is 1. The van der Waals surface area contributed by atoms with Gasteiger partial charge in [-0.25, -0.2) is 0 Å². The summed E-state index contributed by atoms with van der Waals surface area (Å²) in [5, 5.41) is 15.6. The van der Waals surface area contributed by atoms with Crippen molar-refractivity contribution < 1.29 is 15.2 Å². The highest BCUT2D eigenvalue weighted by Gasteiger charge is 2.21. The molecular formula is C16H22N3O3+. The third-order valence-electron chi connectivity index (χ3n) is 3.61. The van der Waals surface area contributed by atoms with Crippen molar-refractivity contribution in [1.29, 1.82) is 0 Å². The van der Waals surface area contributed by atoms with E-state index in [0.717, 1.165) is 13.1 Å². The maximum absolute atomic E-state index is 12.5. The Kier molecular flexibility index (Phi) is 5.16. The van der Waals surface area contributed by atoms with Gasteiger partial charge in [0.1, 0.15) is 11.3 Å². The second-order valence-corrected chi connectivity index (χ2v) is 5.03. The van der Waals surface area contributed by atoms with Gasteiger partial charge < -0.3 is 20.3 Å². The molecule has 0 spiro atoms. The molecule has 118 valence electrons. The van der Waals surface area contributed by atoms with Crippen molar-refractivity contribution in [2.75, 3.05) is 19.6 Å². The summed E-state index contributed by atoms with van der Waals surface area (Å²) in [7, 11) is 0. The second kappa shape index (κ2) is 7.09. The topological polar surface area (TPSA) is 87.9 Å². The zero-order valence-corrected chi connectivity index (χ0v) is 12.9. The lowest BCUT2D eigenvalue weighted by Crippen LogP contribution is -2.85. The van der Waals surface area contributed by atoms with Crippen LogP contribution in [0.2, 0.25) is 0 Å². The van der Waals surface area contributed by atoms with E-state index in [-0.39, 0.29) is 11.3 Å². The van der Waals surface area contributed by atoms with Crippen LogP contribution in [0.4, 0.5) is 0 Å². The summed E-state index contributed by atoms with van der Waals surface area (Å²) in [4.78, 5) is 24.8. The van der Waals surface area contributed by atoms with E-state index < -0.39 is 11.5 Å². The largest absolute Gasteiger partial charge is 0.506 e. The Morgan fingerprint density at radius 2 is 2.05 bits per heavy atom. The van der Waals surface area contributed by atoms with Gasteiger partial charge in [0.2, 0.25) is 0 Å². The molecule has 0 aliphatic heterocycles. The summed E-state index contributed by atoms with van der Waals surface area (Å²) in [5.41, 5.74) is -0.0175. The molecule has 2 aromatic rings. The molecule has 1 aromatic heterocycles. The van der Waals surface area contributed by atoms with Gasteiger partial charge in [-0.2, -0.15) is 0 Å². The number of nitrogens with zero attached hydrogens (tertiary/aromatic N) is 1. The highest BCUT2D eigenvalue weighted by molar-refractivity contribution is 6.02. The van der Waals surface area contributed by atoms with Crippen LogP contribution in [0, 0.1) is 0 Å². The van der Waals surface area contributed by atoms with Crippen molar-refractivity contribution >= 4 is 16.8 Å². The van der Waals surface area contributed by atoms with Gasteiger partial charge in [-0.1, -0.05) is 12.1 Å². The minimum absolute atomic E-state index is 0.183. The number of carbonyl (C=O) groups is 1. The number of aryl methyl sites for hydroxylation is 1. The average molecular weight is 304 g/mol. The standard InChI is InChI=1S/C16H21N3O3/c1-3-17-9-10-18-15(21)13-14(20)11-7-5-6-8-12(11)19(4-2)16(13)22/h5-8,17,20H,3-4,9-10H2,1-2H3,(H,18,21)/p+1. The van der Waals surface area contributed by atoms with E-state index in [2.05, 4.69) is 5.32 Å². The molecule has 1 heterocycles. The molecule has 4 N–H and O–H groups in total. The van der Waals surface area contributed by atoms with Crippen molar-refractivity contribution in [2.24, 2.45) is 0 Å². The number of likely N-dealkylation sites (N-methyl/N-ethyl adjacent to an activating group) is 1. The molecule has 0 fully saturated rings. The Morgan fingerprint density at radius 3 is 2.73 bits per heavy atom. The number of aromatic nitrogens is 1. The molecule has 0 aliphatic carbocycles. The monoisotopic (exact) mass is 304 g/mol. The fourth-order valence-electron chi connectivity index (χ4n) is 2.49. The van der Waals surface area contributed by atoms with Crippen LogP contribution in [-0.4, -0.2) is 35.2 Å². The molecule has 1 aromatic carbocycles. The number of hydrogen-bond donors (Lipinski definition) is 3. The number of fused-ring (bicyclic) bond motifs is 1. The molecule has 0 aliphatic rings. The number of quaternary nitrogens is 1. The average Bonchev–Trinajstić information content (AvgIpc) is 2.52. The van der Waals surface area contributed by atoms with Crippen molar-refractivity contribution in [3.05, 3.63) is 40.2 Å². The number of amides is 1. The molecule has 6 nitrogen and oxygen atoms in total. The Hall–Kier alpha value is -2.34. The maximum atomic E-state index is 12.5. The van der Waals surface area contributed by atoms with E-state index in [1.807, 2.05) is 19.2 Å². The van der Waals surface area contributed by atoms with Crippen LogP contribution in [0.25, 0.3) is 10.9 Å². The first-order valence-electron chi connectivity index (χ1n) is 7.56. The van der Waals surface area contributed by atoms with E-state index in [1.165, 1.54) is 4.57 Å². The zero-order valence-electron chi connectivity index (χ0n) is 12.9. The van der Waals surface area contributed by atoms with Gasteiger partial charge in [-0.3, -0.25) is 9.59 Å². The minimum Gasteiger partial charge on any atom is -0.506 e. The van der Waals surface area contributed by atoms with Crippen molar-refractivity contribution in [1.82, 2.24) is 9.88 Å². The number of nitrogens with one attached hydrogen (secondary N) is 1. The summed E-state index contributed by atoms with van der Waals surface area (Å²) < 4.78 is 1.50. The van der Waals surface area contributed by atoms with Gasteiger partial charge in [-0.05, 0) is 26.0 Å². The normalized spacial score (nSPS) is 10.8. The van der Waals surface area contributed by atoms with E-state index >= 15 is 0 Å². The fraction of sp³-hybridized carbons (Fsp3) is 0.375. The van der Waals surface area contributed by atoms with Crippen molar-refractivity contribution in [3.63, 3.8) is 0 Å². The van der Waals surface area contributed by atoms with E-state index in [4.69, 9.17) is 0 Å². The number of carbonyl (C=O) groups excluding carboxylic acids is 1. The predicted molar refractivity (Wildman–Crippen MR) is 85.2 cm³/mol. The Morgan fingerprint density at radius 1 is 1.32 bits per heavy atom. The zero-order chi connectivity index (χ0) is 16.1. The Labute approximate surface area is 128 Å². The lowest BCUT2D eigenvalue weighted by atomic mass is 10.1. The number of rotatable bonds is 6. The number of benzene rings is 1. The molecule has 0 bridgehead atoms. The molecule has 22 heavy (non-hydrogen) atoms. The first-order chi connectivity index (χ1) is 10.6. The molecule has 0 saturated carbocycles. The summed E-state index contributed by atoms with van der Waals surface area (Å²) in [5.74, 6) is -0.776. The van der Waals surface area contributed by atoms with E-state index in [9.17, 15) is 14.7 Å². The molecule has 1 amide bonds. The summed E-state index contributed by atoms with van der Waals surface area (Å²) in [6.45, 7) is 6.41. The third kappa shape index (κ3) is 2.96. The van der Waals surface area contributed by atoms with Gasteiger partial charge in [0.15, 0.2) is 0 Å². The molecule has 0 atom stereocenters. The Balaban J connectivity index is 2.45. The van der Waals surface area contributed by atoms with Gasteiger partial charge in [0, 0.05) is 11.9 Å². The van der Waals surface area contributed by atoms with Crippen molar-refractivity contribution in [3.8, 4) is 5.75 Å².